The highest BCUT2D eigenvalue weighted by molar-refractivity contribution is 5.71. The molecule has 430 valence electrons. The molecule has 0 aromatic carbocycles. The molecular formula is C69H118O6. The first-order valence-corrected chi connectivity index (χ1v) is 31.7. The highest BCUT2D eigenvalue weighted by atomic mass is 16.6. The van der Waals surface area contributed by atoms with Gasteiger partial charge in [0.1, 0.15) is 13.2 Å². The number of rotatable bonds is 57. The Morgan fingerprint density at radius 1 is 0.280 bits per heavy atom. The Balaban J connectivity index is 4.20. The lowest BCUT2D eigenvalue weighted by molar-refractivity contribution is -0.167. The maximum Gasteiger partial charge on any atom is 0.306 e. The van der Waals surface area contributed by atoms with Crippen LogP contribution < -0.4 is 0 Å². The Kier molecular flexibility index (Phi) is 59.8. The van der Waals surface area contributed by atoms with E-state index in [1.807, 2.05) is 0 Å². The maximum absolute atomic E-state index is 12.8. The van der Waals surface area contributed by atoms with Crippen LogP contribution >= 0.6 is 0 Å². The first-order valence-electron chi connectivity index (χ1n) is 31.7. The fourth-order valence-corrected chi connectivity index (χ4v) is 8.84. The summed E-state index contributed by atoms with van der Waals surface area (Å²) in [4.78, 5) is 38.0. The minimum absolute atomic E-state index is 0.0987. The molecule has 0 bridgehead atoms. The van der Waals surface area contributed by atoms with E-state index in [2.05, 4.69) is 118 Å². The van der Waals surface area contributed by atoms with Crippen molar-refractivity contribution >= 4 is 17.9 Å². The molecule has 0 aliphatic carbocycles. The van der Waals surface area contributed by atoms with Gasteiger partial charge in [0.2, 0.25) is 0 Å². The van der Waals surface area contributed by atoms with Crippen molar-refractivity contribution in [3.8, 4) is 0 Å². The minimum atomic E-state index is -0.806. The molecule has 0 N–H and O–H groups in total. The van der Waals surface area contributed by atoms with Crippen LogP contribution in [-0.4, -0.2) is 37.2 Å². The molecule has 0 aliphatic rings. The normalized spacial score (nSPS) is 12.7. The summed E-state index contributed by atoms with van der Waals surface area (Å²) < 4.78 is 16.8. The molecule has 0 aromatic rings. The molecule has 0 spiro atoms. The van der Waals surface area contributed by atoms with Crippen molar-refractivity contribution in [1.29, 1.82) is 0 Å². The third-order valence-corrected chi connectivity index (χ3v) is 13.6. The fraction of sp³-hybridized carbons (Fsp3) is 0.725. The van der Waals surface area contributed by atoms with Gasteiger partial charge in [-0.2, -0.15) is 0 Å². The molecule has 0 saturated carbocycles. The lowest BCUT2D eigenvalue weighted by atomic mass is 10.0. The van der Waals surface area contributed by atoms with Crippen LogP contribution in [0.3, 0.4) is 0 Å². The van der Waals surface area contributed by atoms with Gasteiger partial charge in [-0.3, -0.25) is 14.4 Å². The van der Waals surface area contributed by atoms with E-state index in [9.17, 15) is 14.4 Å². The molecule has 6 heteroatoms. The van der Waals surface area contributed by atoms with Crippen LogP contribution in [0.25, 0.3) is 0 Å². The lowest BCUT2D eigenvalue weighted by Crippen LogP contribution is -2.30. The van der Waals surface area contributed by atoms with E-state index in [0.717, 1.165) is 89.9 Å². The van der Waals surface area contributed by atoms with Crippen molar-refractivity contribution in [2.75, 3.05) is 13.2 Å². The van der Waals surface area contributed by atoms with Gasteiger partial charge >= 0.3 is 17.9 Å². The highest BCUT2D eigenvalue weighted by Gasteiger charge is 2.19. The average Bonchev–Trinajstić information content (AvgIpc) is 3.41. The molecule has 0 amide bonds. The van der Waals surface area contributed by atoms with Gasteiger partial charge < -0.3 is 14.2 Å². The molecule has 0 radical (unpaired) electrons. The van der Waals surface area contributed by atoms with E-state index >= 15 is 0 Å². The number of hydrogen-bond acceptors (Lipinski definition) is 6. The van der Waals surface area contributed by atoms with E-state index in [1.165, 1.54) is 167 Å². The van der Waals surface area contributed by atoms with Crippen molar-refractivity contribution in [2.24, 2.45) is 0 Å². The van der Waals surface area contributed by atoms with Crippen LogP contribution in [-0.2, 0) is 28.6 Å². The summed E-state index contributed by atoms with van der Waals surface area (Å²) in [7, 11) is 0. The number of esters is 3. The number of unbranched alkanes of at least 4 members (excludes halogenated alkanes) is 30. The molecule has 6 nitrogen and oxygen atoms in total. The minimum Gasteiger partial charge on any atom is -0.462 e. The van der Waals surface area contributed by atoms with Crippen molar-refractivity contribution in [1.82, 2.24) is 0 Å². The average molecular weight is 1040 g/mol. The Hall–Kier alpha value is -3.67. The molecule has 0 aliphatic heterocycles. The Morgan fingerprint density at radius 3 is 0.867 bits per heavy atom. The van der Waals surface area contributed by atoms with Crippen molar-refractivity contribution in [3.63, 3.8) is 0 Å². The summed E-state index contributed by atoms with van der Waals surface area (Å²) in [6.07, 6.45) is 84.5. The molecule has 0 saturated heterocycles. The van der Waals surface area contributed by atoms with Crippen LogP contribution in [0.5, 0.6) is 0 Å². The SMILES string of the molecule is CC/C=C\C/C=C\C/C=C\C/C=C\C/C=C\C/C=C\C/C=C\CCCC(=O)OC(COC(=O)CCCCCCCCC)COC(=O)CCCCCCCCCCCCCCCCC/C=C\CCCCCCCCCC. The predicted molar refractivity (Wildman–Crippen MR) is 325 cm³/mol. The van der Waals surface area contributed by atoms with E-state index < -0.39 is 6.10 Å². The van der Waals surface area contributed by atoms with E-state index in [1.54, 1.807) is 0 Å². The standard InChI is InChI=1S/C69H118O6/c1-4-7-10-13-16-18-20-22-24-26-28-30-32-33-34-35-37-38-40-42-44-46-48-50-53-56-59-62-68(71)74-65-66(64-73-67(70)61-58-55-52-15-12-9-6-3)75-69(72)63-60-57-54-51-49-47-45-43-41-39-36-31-29-27-25-23-21-19-17-14-11-8-5-2/h8,11,17,19,23,25-26,28-29,31,39,41,45,47,51,54,66H,4-7,9-10,12-16,18,20-22,24,27,30,32-38,40,42-44,46,48-50,52-53,55-65H2,1-3H3/b11-8-,19-17-,25-23-,28-26-,31-29-,41-39-,47-45-,54-51-. The zero-order valence-electron chi connectivity index (χ0n) is 49.3. The number of hydrogen-bond donors (Lipinski definition) is 0. The van der Waals surface area contributed by atoms with Crippen LogP contribution in [0.1, 0.15) is 303 Å². The first kappa shape index (κ1) is 71.3. The van der Waals surface area contributed by atoms with Gasteiger partial charge in [0.15, 0.2) is 6.10 Å². The summed E-state index contributed by atoms with van der Waals surface area (Å²) in [5.41, 5.74) is 0. The van der Waals surface area contributed by atoms with Crippen molar-refractivity contribution in [2.45, 2.75) is 309 Å². The van der Waals surface area contributed by atoms with Crippen LogP contribution in [0.2, 0.25) is 0 Å². The van der Waals surface area contributed by atoms with Crippen molar-refractivity contribution < 1.29 is 28.6 Å². The van der Waals surface area contributed by atoms with E-state index in [-0.39, 0.29) is 37.5 Å². The number of allylic oxidation sites excluding steroid dienone is 16. The second-order valence-electron chi connectivity index (χ2n) is 20.9. The van der Waals surface area contributed by atoms with Gasteiger partial charge in [0.25, 0.3) is 0 Å². The maximum atomic E-state index is 12.8. The zero-order chi connectivity index (χ0) is 54.3. The highest BCUT2D eigenvalue weighted by Crippen LogP contribution is 2.16. The quantitative estimate of drug-likeness (QED) is 0.0261. The second kappa shape index (κ2) is 62.9. The summed E-state index contributed by atoms with van der Waals surface area (Å²) in [6, 6.07) is 0. The molecule has 1 atom stereocenters. The van der Waals surface area contributed by atoms with E-state index in [4.69, 9.17) is 14.2 Å². The number of carbonyl (C=O) groups excluding carboxylic acids is 3. The third kappa shape index (κ3) is 61.1. The molecule has 0 aromatic heterocycles. The van der Waals surface area contributed by atoms with E-state index in [0.29, 0.717) is 19.3 Å². The summed E-state index contributed by atoms with van der Waals surface area (Å²) in [5.74, 6) is -0.959. The smallest absolute Gasteiger partial charge is 0.306 e. The monoisotopic (exact) mass is 1040 g/mol. The summed E-state index contributed by atoms with van der Waals surface area (Å²) >= 11 is 0. The third-order valence-electron chi connectivity index (χ3n) is 13.6. The van der Waals surface area contributed by atoms with Gasteiger partial charge in [-0.15, -0.1) is 0 Å². The second-order valence-corrected chi connectivity index (χ2v) is 20.9. The molecule has 0 fully saturated rings. The van der Waals surface area contributed by atoms with Gasteiger partial charge in [-0.25, -0.2) is 0 Å². The largest absolute Gasteiger partial charge is 0.462 e. The Labute approximate surface area is 464 Å². The molecule has 1 unspecified atom stereocenters. The van der Waals surface area contributed by atoms with Gasteiger partial charge in [-0.05, 0) is 96.3 Å². The van der Waals surface area contributed by atoms with Crippen LogP contribution in [0.4, 0.5) is 0 Å². The topological polar surface area (TPSA) is 78.9 Å². The number of carbonyl (C=O) groups is 3. The Bertz CT molecular complexity index is 1480. The molecule has 0 rings (SSSR count). The molecule has 75 heavy (non-hydrogen) atoms. The van der Waals surface area contributed by atoms with Crippen LogP contribution in [0, 0.1) is 0 Å². The lowest BCUT2D eigenvalue weighted by Gasteiger charge is -2.18. The fourth-order valence-electron chi connectivity index (χ4n) is 8.84. The zero-order valence-corrected chi connectivity index (χ0v) is 49.3. The van der Waals surface area contributed by atoms with Crippen LogP contribution in [0.15, 0.2) is 97.2 Å². The Morgan fingerprint density at radius 2 is 0.533 bits per heavy atom. The van der Waals surface area contributed by atoms with Gasteiger partial charge in [0.05, 0.1) is 0 Å². The van der Waals surface area contributed by atoms with Gasteiger partial charge in [-0.1, -0.05) is 285 Å². The molecule has 0 heterocycles. The van der Waals surface area contributed by atoms with Gasteiger partial charge in [0, 0.05) is 19.3 Å². The predicted octanol–water partition coefficient (Wildman–Crippen LogP) is 21.7. The first-order chi connectivity index (χ1) is 37.0. The summed E-state index contributed by atoms with van der Waals surface area (Å²) in [5, 5.41) is 0. The summed E-state index contributed by atoms with van der Waals surface area (Å²) in [6.45, 7) is 6.46. The van der Waals surface area contributed by atoms with Crippen molar-refractivity contribution in [3.05, 3.63) is 97.2 Å². The molecular weight excluding hydrogens is 925 g/mol. The number of ether oxygens (including phenoxy) is 3.